The van der Waals surface area contributed by atoms with Gasteiger partial charge in [0.2, 0.25) is 5.91 Å². The highest BCUT2D eigenvalue weighted by molar-refractivity contribution is 5.90. The molecule has 1 heterocycles. The second kappa shape index (κ2) is 5.73. The molecule has 0 radical (unpaired) electrons. The summed E-state index contributed by atoms with van der Waals surface area (Å²) in [6.07, 6.45) is 1.76. The van der Waals surface area contributed by atoms with Gasteiger partial charge in [-0.2, -0.15) is 0 Å². The molecule has 19 heavy (non-hydrogen) atoms. The second-order valence-electron chi connectivity index (χ2n) is 4.75. The van der Waals surface area contributed by atoms with Crippen LogP contribution in [0.15, 0.2) is 24.3 Å². The van der Waals surface area contributed by atoms with E-state index in [1.54, 1.807) is 0 Å². The number of anilines is 1. The molecule has 1 aliphatic rings. The molecular weight excluding hydrogens is 244 g/mol. The molecule has 102 valence electrons. The van der Waals surface area contributed by atoms with Gasteiger partial charge >= 0.3 is 5.97 Å². The fourth-order valence-corrected chi connectivity index (χ4v) is 2.27. The van der Waals surface area contributed by atoms with Gasteiger partial charge < -0.3 is 15.7 Å². The quantitative estimate of drug-likeness (QED) is 0.749. The van der Waals surface area contributed by atoms with Gasteiger partial charge in [-0.1, -0.05) is 31.5 Å². The van der Waals surface area contributed by atoms with Crippen molar-refractivity contribution in [3.05, 3.63) is 29.8 Å². The van der Waals surface area contributed by atoms with Gasteiger partial charge in [0.25, 0.3) is 0 Å². The Morgan fingerprint density at radius 3 is 2.84 bits per heavy atom. The van der Waals surface area contributed by atoms with Crippen molar-refractivity contribution in [2.45, 2.75) is 38.3 Å². The molecular formula is C14H18N2O3. The summed E-state index contributed by atoms with van der Waals surface area (Å²) in [5.74, 6) is -1.23. The van der Waals surface area contributed by atoms with Crippen LogP contribution >= 0.6 is 0 Å². The minimum Gasteiger partial charge on any atom is -0.480 e. The number of rotatable bonds is 5. The number of aliphatic carboxylic acids is 1. The summed E-state index contributed by atoms with van der Waals surface area (Å²) in [5, 5.41) is 14.7. The molecule has 5 heteroatoms. The molecule has 5 nitrogen and oxygen atoms in total. The normalized spacial score (nSPS) is 18.3. The summed E-state index contributed by atoms with van der Waals surface area (Å²) in [7, 11) is 0. The van der Waals surface area contributed by atoms with E-state index in [2.05, 4.69) is 10.6 Å². The highest BCUT2D eigenvalue weighted by Crippen LogP contribution is 2.25. The van der Waals surface area contributed by atoms with Gasteiger partial charge in [-0.3, -0.25) is 4.79 Å². The molecule has 0 saturated carbocycles. The smallest absolute Gasteiger partial charge is 0.326 e. The maximum Gasteiger partial charge on any atom is 0.326 e. The first-order chi connectivity index (χ1) is 9.11. The Bertz CT molecular complexity index is 462. The number of nitrogens with one attached hydrogen (secondary N) is 2. The van der Waals surface area contributed by atoms with E-state index in [9.17, 15) is 9.59 Å². The number of carbonyl (C=O) groups is 2. The predicted molar refractivity (Wildman–Crippen MR) is 72.0 cm³/mol. The van der Waals surface area contributed by atoms with E-state index >= 15 is 0 Å². The molecule has 0 fully saturated rings. The second-order valence-corrected chi connectivity index (χ2v) is 4.75. The number of hydrogen-bond acceptors (Lipinski definition) is 3. The van der Waals surface area contributed by atoms with Crippen molar-refractivity contribution in [1.82, 2.24) is 5.32 Å². The third-order valence-electron chi connectivity index (χ3n) is 3.28. The first kappa shape index (κ1) is 13.4. The number of amides is 1. The van der Waals surface area contributed by atoms with E-state index in [1.165, 1.54) is 0 Å². The van der Waals surface area contributed by atoms with E-state index < -0.39 is 12.0 Å². The molecule has 1 amide bonds. The number of fused-ring (bicyclic) bond motifs is 1. The van der Waals surface area contributed by atoms with Crippen molar-refractivity contribution in [3.8, 4) is 0 Å². The largest absolute Gasteiger partial charge is 0.480 e. The monoisotopic (exact) mass is 262 g/mol. The average Bonchev–Trinajstić information content (AvgIpc) is 2.81. The van der Waals surface area contributed by atoms with Gasteiger partial charge in [0.05, 0.1) is 0 Å². The molecule has 3 N–H and O–H groups in total. The molecule has 2 atom stereocenters. The molecule has 1 aromatic carbocycles. The molecule has 0 bridgehead atoms. The van der Waals surface area contributed by atoms with Gasteiger partial charge in [-0.25, -0.2) is 4.79 Å². The summed E-state index contributed by atoms with van der Waals surface area (Å²) >= 11 is 0. The molecule has 0 aliphatic carbocycles. The van der Waals surface area contributed by atoms with Gasteiger partial charge in [-0.15, -0.1) is 0 Å². The molecule has 1 aromatic rings. The predicted octanol–water partition coefficient (Wildman–Crippen LogP) is 1.39. The van der Waals surface area contributed by atoms with Crippen molar-refractivity contribution >= 4 is 17.6 Å². The SMILES string of the molecule is CCC[C@@H](NC(=O)C1Cc2ccccc2N1)C(=O)O. The zero-order valence-corrected chi connectivity index (χ0v) is 10.8. The topological polar surface area (TPSA) is 78.4 Å². The van der Waals surface area contributed by atoms with Crippen LogP contribution in [-0.4, -0.2) is 29.1 Å². The van der Waals surface area contributed by atoms with Crippen molar-refractivity contribution in [1.29, 1.82) is 0 Å². The molecule has 0 saturated heterocycles. The molecule has 2 rings (SSSR count). The van der Waals surface area contributed by atoms with Crippen molar-refractivity contribution in [2.24, 2.45) is 0 Å². The zero-order chi connectivity index (χ0) is 13.8. The lowest BCUT2D eigenvalue weighted by molar-refractivity contribution is -0.142. The number of carboxylic acid groups (broad SMARTS) is 1. The zero-order valence-electron chi connectivity index (χ0n) is 10.8. The lowest BCUT2D eigenvalue weighted by Gasteiger charge is -2.17. The maximum atomic E-state index is 12.1. The molecule has 1 aliphatic heterocycles. The van der Waals surface area contributed by atoms with Crippen LogP contribution in [0.5, 0.6) is 0 Å². The van der Waals surface area contributed by atoms with Gasteiger partial charge in [0, 0.05) is 12.1 Å². The minimum absolute atomic E-state index is 0.253. The lowest BCUT2D eigenvalue weighted by atomic mass is 10.1. The molecule has 0 aromatic heterocycles. The van der Waals surface area contributed by atoms with Crippen LogP contribution in [0.4, 0.5) is 5.69 Å². The van der Waals surface area contributed by atoms with Crippen LogP contribution in [0, 0.1) is 0 Å². The van der Waals surface area contributed by atoms with Gasteiger partial charge in [0.1, 0.15) is 12.1 Å². The number of para-hydroxylation sites is 1. The Balaban J connectivity index is 1.97. The van der Waals surface area contributed by atoms with Crippen LogP contribution in [-0.2, 0) is 16.0 Å². The van der Waals surface area contributed by atoms with Crippen LogP contribution < -0.4 is 10.6 Å². The summed E-state index contributed by atoms with van der Waals surface area (Å²) in [5.41, 5.74) is 2.04. The Labute approximate surface area is 112 Å². The highest BCUT2D eigenvalue weighted by Gasteiger charge is 2.29. The lowest BCUT2D eigenvalue weighted by Crippen LogP contribution is -2.47. The standard InChI is InChI=1S/C14H18N2O3/c1-2-5-11(14(18)19)16-13(17)12-8-9-6-3-4-7-10(9)15-12/h3-4,6-7,11-12,15H,2,5,8H2,1H3,(H,16,17)(H,18,19)/t11-,12?/m1/s1. The molecule has 0 spiro atoms. The third-order valence-corrected chi connectivity index (χ3v) is 3.28. The van der Waals surface area contributed by atoms with Gasteiger partial charge in [-0.05, 0) is 18.1 Å². The van der Waals surface area contributed by atoms with Crippen LogP contribution in [0.1, 0.15) is 25.3 Å². The van der Waals surface area contributed by atoms with Gasteiger partial charge in [0.15, 0.2) is 0 Å². The van der Waals surface area contributed by atoms with Crippen molar-refractivity contribution < 1.29 is 14.7 Å². The van der Waals surface area contributed by atoms with E-state index in [0.29, 0.717) is 12.8 Å². The Morgan fingerprint density at radius 2 is 2.21 bits per heavy atom. The number of hydrogen-bond donors (Lipinski definition) is 3. The van der Waals surface area contributed by atoms with Crippen molar-refractivity contribution in [2.75, 3.05) is 5.32 Å². The van der Waals surface area contributed by atoms with E-state index in [1.807, 2.05) is 31.2 Å². The first-order valence-corrected chi connectivity index (χ1v) is 6.49. The van der Waals surface area contributed by atoms with Crippen LogP contribution in [0.2, 0.25) is 0 Å². The first-order valence-electron chi connectivity index (χ1n) is 6.49. The summed E-state index contributed by atoms with van der Waals surface area (Å²) < 4.78 is 0. The van der Waals surface area contributed by atoms with E-state index in [-0.39, 0.29) is 11.9 Å². The summed E-state index contributed by atoms with van der Waals surface area (Å²) in [6, 6.07) is 6.54. The highest BCUT2D eigenvalue weighted by atomic mass is 16.4. The fraction of sp³-hybridized carbons (Fsp3) is 0.429. The van der Waals surface area contributed by atoms with Crippen LogP contribution in [0.3, 0.4) is 0 Å². The third kappa shape index (κ3) is 3.05. The number of benzene rings is 1. The Kier molecular flexibility index (Phi) is 4.04. The maximum absolute atomic E-state index is 12.1. The summed E-state index contributed by atoms with van der Waals surface area (Å²) in [6.45, 7) is 1.89. The number of carboxylic acids is 1. The Hall–Kier alpha value is -2.04. The Morgan fingerprint density at radius 1 is 1.47 bits per heavy atom. The average molecular weight is 262 g/mol. The minimum atomic E-state index is -0.981. The molecule has 1 unspecified atom stereocenters. The number of carbonyl (C=O) groups excluding carboxylic acids is 1. The summed E-state index contributed by atoms with van der Waals surface area (Å²) in [4.78, 5) is 23.1. The van der Waals surface area contributed by atoms with Crippen molar-refractivity contribution in [3.63, 3.8) is 0 Å². The fourth-order valence-electron chi connectivity index (χ4n) is 2.27. The van der Waals surface area contributed by atoms with Crippen LogP contribution in [0.25, 0.3) is 0 Å². The van der Waals surface area contributed by atoms with E-state index in [0.717, 1.165) is 17.7 Å². The van der Waals surface area contributed by atoms with E-state index in [4.69, 9.17) is 5.11 Å².